The van der Waals surface area contributed by atoms with Crippen LogP contribution >= 0.6 is 11.6 Å². The predicted octanol–water partition coefficient (Wildman–Crippen LogP) is 4.35. The zero-order valence-electron chi connectivity index (χ0n) is 20.6. The molecule has 2 saturated heterocycles. The number of halogens is 2. The average Bonchev–Trinajstić information content (AvgIpc) is 3.34. The summed E-state index contributed by atoms with van der Waals surface area (Å²) >= 11 is 5.94. The Morgan fingerprint density at radius 3 is 2.86 bits per heavy atom. The van der Waals surface area contributed by atoms with E-state index in [1.807, 2.05) is 24.8 Å². The molecule has 2 aromatic carbocycles. The van der Waals surface area contributed by atoms with Crippen molar-refractivity contribution in [3.63, 3.8) is 0 Å². The lowest BCUT2D eigenvalue weighted by Crippen LogP contribution is -2.51. The molecule has 196 valence electrons. The van der Waals surface area contributed by atoms with Gasteiger partial charge in [-0.2, -0.15) is 0 Å². The van der Waals surface area contributed by atoms with Crippen molar-refractivity contribution in [2.45, 2.75) is 32.0 Å². The molecule has 37 heavy (non-hydrogen) atoms. The minimum absolute atomic E-state index is 0.00894. The van der Waals surface area contributed by atoms with E-state index < -0.39 is 11.4 Å². The maximum atomic E-state index is 13.6. The van der Waals surface area contributed by atoms with E-state index in [2.05, 4.69) is 15.3 Å². The number of nitrogens with zero attached hydrogens (tertiary/aromatic N) is 3. The maximum Gasteiger partial charge on any atom is 0.320 e. The summed E-state index contributed by atoms with van der Waals surface area (Å²) in [7, 11) is 0. The number of carbonyl (C=O) groups excluding carboxylic acids is 1. The Balaban J connectivity index is 1.39. The molecule has 2 fully saturated rings. The Labute approximate surface area is 218 Å². The number of ether oxygens (including phenoxy) is 4. The quantitative estimate of drug-likeness (QED) is 0.426. The molecule has 9 nitrogen and oxygen atoms in total. The highest BCUT2D eigenvalue weighted by Crippen LogP contribution is 2.36. The number of benzene rings is 2. The van der Waals surface area contributed by atoms with Gasteiger partial charge in [-0.05, 0) is 38.1 Å². The SMILES string of the molecule is CC1(C)CN(CCOc2cc3ncnc(Nc4ccc(F)c(Cl)c4)c3cc2O[C@H]2CCOC2)CC(=O)O1. The highest BCUT2D eigenvalue weighted by Gasteiger charge is 2.32. The van der Waals surface area contributed by atoms with Crippen molar-refractivity contribution in [2.75, 3.05) is 44.8 Å². The second kappa shape index (κ2) is 10.6. The van der Waals surface area contributed by atoms with Crippen molar-refractivity contribution in [1.29, 1.82) is 0 Å². The summed E-state index contributed by atoms with van der Waals surface area (Å²) in [5, 5.41) is 3.89. The molecule has 0 spiro atoms. The summed E-state index contributed by atoms with van der Waals surface area (Å²) in [5.41, 5.74) is 0.684. The number of fused-ring (bicyclic) bond motifs is 1. The van der Waals surface area contributed by atoms with Gasteiger partial charge < -0.3 is 24.3 Å². The number of anilines is 2. The van der Waals surface area contributed by atoms with Crippen LogP contribution < -0.4 is 14.8 Å². The fourth-order valence-corrected chi connectivity index (χ4v) is 4.64. The first-order valence-electron chi connectivity index (χ1n) is 12.1. The Kier molecular flexibility index (Phi) is 7.32. The lowest BCUT2D eigenvalue weighted by atomic mass is 10.1. The van der Waals surface area contributed by atoms with Crippen molar-refractivity contribution in [3.05, 3.63) is 47.5 Å². The molecule has 0 saturated carbocycles. The number of rotatable bonds is 8. The number of cyclic esters (lactones) is 1. The van der Waals surface area contributed by atoms with E-state index in [0.29, 0.717) is 66.8 Å². The molecule has 2 aliphatic rings. The number of morpholine rings is 1. The molecular formula is C26H28ClFN4O5. The van der Waals surface area contributed by atoms with Gasteiger partial charge in [0.05, 0.1) is 30.3 Å². The van der Waals surface area contributed by atoms with Crippen LogP contribution in [0.4, 0.5) is 15.9 Å². The van der Waals surface area contributed by atoms with Gasteiger partial charge in [0.1, 0.15) is 36.3 Å². The first-order chi connectivity index (χ1) is 17.8. The molecule has 2 aliphatic heterocycles. The van der Waals surface area contributed by atoms with Gasteiger partial charge in [0.15, 0.2) is 11.5 Å². The van der Waals surface area contributed by atoms with Crippen molar-refractivity contribution in [3.8, 4) is 11.5 Å². The number of esters is 1. The van der Waals surface area contributed by atoms with Gasteiger partial charge in [-0.25, -0.2) is 14.4 Å². The van der Waals surface area contributed by atoms with E-state index in [1.165, 1.54) is 18.5 Å². The van der Waals surface area contributed by atoms with Gasteiger partial charge in [0.25, 0.3) is 0 Å². The number of carbonyl (C=O) groups is 1. The van der Waals surface area contributed by atoms with E-state index in [9.17, 15) is 9.18 Å². The first kappa shape index (κ1) is 25.4. The maximum absolute atomic E-state index is 13.6. The minimum atomic E-state index is -0.538. The molecule has 0 radical (unpaired) electrons. The van der Waals surface area contributed by atoms with Gasteiger partial charge in [-0.3, -0.25) is 9.69 Å². The van der Waals surface area contributed by atoms with E-state index in [4.69, 9.17) is 30.5 Å². The van der Waals surface area contributed by atoms with E-state index in [1.54, 1.807) is 12.1 Å². The molecule has 1 N–H and O–H groups in total. The monoisotopic (exact) mass is 530 g/mol. The predicted molar refractivity (Wildman–Crippen MR) is 136 cm³/mol. The van der Waals surface area contributed by atoms with Gasteiger partial charge in [-0.15, -0.1) is 0 Å². The Hall–Kier alpha value is -3.21. The summed E-state index contributed by atoms with van der Waals surface area (Å²) in [6, 6.07) is 8.00. The van der Waals surface area contributed by atoms with Crippen LogP contribution in [0.15, 0.2) is 36.7 Å². The minimum Gasteiger partial charge on any atom is -0.488 e. The molecule has 0 amide bonds. The largest absolute Gasteiger partial charge is 0.488 e. The van der Waals surface area contributed by atoms with Crippen LogP contribution in [0.5, 0.6) is 11.5 Å². The summed E-state index contributed by atoms with van der Waals surface area (Å²) in [4.78, 5) is 22.7. The van der Waals surface area contributed by atoms with E-state index in [-0.39, 0.29) is 23.6 Å². The lowest BCUT2D eigenvalue weighted by Gasteiger charge is -2.37. The fraction of sp³-hybridized carbons (Fsp3) is 0.423. The van der Waals surface area contributed by atoms with Crippen molar-refractivity contribution >= 4 is 40.0 Å². The van der Waals surface area contributed by atoms with Crippen LogP contribution in [0, 0.1) is 5.82 Å². The van der Waals surface area contributed by atoms with Gasteiger partial charge in [0, 0.05) is 36.7 Å². The molecule has 5 rings (SSSR count). The Morgan fingerprint density at radius 1 is 1.24 bits per heavy atom. The van der Waals surface area contributed by atoms with E-state index >= 15 is 0 Å². The first-order valence-corrected chi connectivity index (χ1v) is 12.5. The number of nitrogens with one attached hydrogen (secondary N) is 1. The summed E-state index contributed by atoms with van der Waals surface area (Å²) in [5.74, 6) is 0.845. The Morgan fingerprint density at radius 2 is 2.11 bits per heavy atom. The highest BCUT2D eigenvalue weighted by atomic mass is 35.5. The van der Waals surface area contributed by atoms with E-state index in [0.717, 1.165) is 6.42 Å². The molecule has 1 aromatic heterocycles. The highest BCUT2D eigenvalue weighted by molar-refractivity contribution is 6.31. The topological polar surface area (TPSA) is 95.0 Å². The second-order valence-corrected chi connectivity index (χ2v) is 10.1. The van der Waals surface area contributed by atoms with Crippen LogP contribution in [-0.2, 0) is 14.3 Å². The van der Waals surface area contributed by atoms with Crippen LogP contribution in [0.3, 0.4) is 0 Å². The van der Waals surface area contributed by atoms with Crippen molar-refractivity contribution < 1.29 is 28.1 Å². The van der Waals surface area contributed by atoms with Crippen LogP contribution in [0.2, 0.25) is 5.02 Å². The van der Waals surface area contributed by atoms with Crippen LogP contribution in [-0.4, -0.2) is 72.0 Å². The summed E-state index contributed by atoms with van der Waals surface area (Å²) in [6.07, 6.45) is 2.11. The van der Waals surface area contributed by atoms with Gasteiger partial charge in [0.2, 0.25) is 0 Å². The fourth-order valence-electron chi connectivity index (χ4n) is 4.46. The molecule has 11 heteroatoms. The van der Waals surface area contributed by atoms with Crippen molar-refractivity contribution in [2.24, 2.45) is 0 Å². The Bertz CT molecular complexity index is 1300. The zero-order valence-corrected chi connectivity index (χ0v) is 21.4. The third-order valence-electron chi connectivity index (χ3n) is 6.08. The number of hydrogen-bond donors (Lipinski definition) is 1. The third kappa shape index (κ3) is 6.20. The number of aromatic nitrogens is 2. The van der Waals surface area contributed by atoms with Crippen LogP contribution in [0.1, 0.15) is 20.3 Å². The lowest BCUT2D eigenvalue weighted by molar-refractivity contribution is -0.169. The second-order valence-electron chi connectivity index (χ2n) is 9.69. The smallest absolute Gasteiger partial charge is 0.320 e. The molecule has 0 aliphatic carbocycles. The number of hydrogen-bond acceptors (Lipinski definition) is 9. The van der Waals surface area contributed by atoms with Gasteiger partial charge >= 0.3 is 5.97 Å². The molecule has 0 unspecified atom stereocenters. The normalized spacial score (nSPS) is 19.6. The van der Waals surface area contributed by atoms with Crippen molar-refractivity contribution in [1.82, 2.24) is 14.9 Å². The van der Waals surface area contributed by atoms with Crippen LogP contribution in [0.25, 0.3) is 10.9 Å². The zero-order chi connectivity index (χ0) is 26.0. The summed E-state index contributed by atoms with van der Waals surface area (Å²) in [6.45, 7) is 6.65. The third-order valence-corrected chi connectivity index (χ3v) is 6.37. The molecular weight excluding hydrogens is 503 g/mol. The average molecular weight is 531 g/mol. The standard InChI is InChI=1S/C26H28ClFN4O5/c1-26(2)14-32(12-24(33)37-26)6-8-35-22-11-21-18(10-23(22)36-17-5-7-34-13-17)25(30-15-29-21)31-16-3-4-20(28)19(27)9-16/h3-4,9-11,15,17H,5-8,12-14H2,1-2H3,(H,29,30,31)/t17-/m0/s1. The molecule has 1 atom stereocenters. The summed E-state index contributed by atoms with van der Waals surface area (Å²) < 4.78 is 36.9. The molecule has 3 aromatic rings. The molecule has 0 bridgehead atoms. The molecule has 3 heterocycles. The van der Waals surface area contributed by atoms with Gasteiger partial charge in [-0.1, -0.05) is 11.6 Å².